The van der Waals surface area contributed by atoms with Gasteiger partial charge in [0, 0.05) is 6.61 Å². The first-order chi connectivity index (χ1) is 7.06. The molecule has 1 aromatic heterocycles. The zero-order valence-electron chi connectivity index (χ0n) is 7.93. The average Bonchev–Trinajstić information content (AvgIpc) is 2.16. The topological polar surface area (TPSA) is 107 Å². The summed E-state index contributed by atoms with van der Waals surface area (Å²) in [5, 5.41) is 10.4. The third-order valence-corrected chi connectivity index (χ3v) is 1.62. The van der Waals surface area contributed by atoms with Gasteiger partial charge in [-0.3, -0.25) is 24.5 Å². The molecule has 1 N–H and O–H groups in total. The van der Waals surface area contributed by atoms with E-state index in [4.69, 9.17) is 4.74 Å². The Kier molecular flexibility index (Phi) is 3.34. The Hall–Kier alpha value is -1.96. The normalized spacial score (nSPS) is 10.2. The van der Waals surface area contributed by atoms with Crippen LogP contribution in [0.5, 0.6) is 0 Å². The molecular formula is C7H9N3O5. The Morgan fingerprint density at radius 1 is 1.60 bits per heavy atom. The Bertz CT molecular complexity index is 474. The second-order valence-electron chi connectivity index (χ2n) is 2.62. The fourth-order valence-electron chi connectivity index (χ4n) is 0.913. The highest BCUT2D eigenvalue weighted by Crippen LogP contribution is 1.98. The molecular weight excluding hydrogens is 206 g/mol. The van der Waals surface area contributed by atoms with Gasteiger partial charge in [0.1, 0.15) is 6.73 Å². The van der Waals surface area contributed by atoms with Crippen molar-refractivity contribution in [2.24, 2.45) is 0 Å². The molecule has 0 atom stereocenters. The second-order valence-corrected chi connectivity index (χ2v) is 2.62. The third-order valence-electron chi connectivity index (χ3n) is 1.62. The highest BCUT2D eigenvalue weighted by Gasteiger charge is 2.14. The molecule has 0 radical (unpaired) electrons. The Morgan fingerprint density at radius 2 is 2.27 bits per heavy atom. The molecule has 1 heterocycles. The Morgan fingerprint density at radius 3 is 2.80 bits per heavy atom. The van der Waals surface area contributed by atoms with Crippen LogP contribution in [0.15, 0.2) is 15.8 Å². The van der Waals surface area contributed by atoms with Crippen LogP contribution in [-0.2, 0) is 11.5 Å². The van der Waals surface area contributed by atoms with Gasteiger partial charge in [0.05, 0.1) is 11.1 Å². The molecule has 0 fully saturated rings. The lowest BCUT2D eigenvalue weighted by Gasteiger charge is -2.03. The summed E-state index contributed by atoms with van der Waals surface area (Å²) in [6.07, 6.45) is 0.858. The summed E-state index contributed by atoms with van der Waals surface area (Å²) >= 11 is 0. The van der Waals surface area contributed by atoms with Gasteiger partial charge in [0.15, 0.2) is 0 Å². The van der Waals surface area contributed by atoms with Crippen molar-refractivity contribution in [3.8, 4) is 0 Å². The summed E-state index contributed by atoms with van der Waals surface area (Å²) in [6, 6.07) is 0. The van der Waals surface area contributed by atoms with E-state index in [1.54, 1.807) is 6.92 Å². The lowest BCUT2D eigenvalue weighted by atomic mass is 10.5. The van der Waals surface area contributed by atoms with Crippen molar-refractivity contribution in [1.82, 2.24) is 9.55 Å². The van der Waals surface area contributed by atoms with E-state index in [0.29, 0.717) is 6.61 Å². The fraction of sp³-hybridized carbons (Fsp3) is 0.429. The van der Waals surface area contributed by atoms with Crippen LogP contribution < -0.4 is 11.2 Å². The van der Waals surface area contributed by atoms with Gasteiger partial charge in [0.2, 0.25) is 0 Å². The summed E-state index contributed by atoms with van der Waals surface area (Å²) in [5.41, 5.74) is -2.44. The number of rotatable bonds is 4. The second kappa shape index (κ2) is 4.51. The molecule has 0 aliphatic heterocycles. The van der Waals surface area contributed by atoms with Crippen LogP contribution >= 0.6 is 0 Å². The minimum Gasteiger partial charge on any atom is -0.361 e. The molecule has 1 aromatic rings. The number of nitrogens with one attached hydrogen (secondary N) is 1. The van der Waals surface area contributed by atoms with Gasteiger partial charge < -0.3 is 4.74 Å². The highest BCUT2D eigenvalue weighted by molar-refractivity contribution is 5.20. The van der Waals surface area contributed by atoms with E-state index in [1.807, 2.05) is 4.98 Å². The van der Waals surface area contributed by atoms with Gasteiger partial charge in [-0.1, -0.05) is 0 Å². The predicted molar refractivity (Wildman–Crippen MR) is 49.6 cm³/mol. The molecule has 82 valence electrons. The molecule has 8 heteroatoms. The van der Waals surface area contributed by atoms with Crippen LogP contribution in [0.1, 0.15) is 6.92 Å². The standard InChI is InChI=1S/C7H9N3O5/c1-2-15-4-9-3-5(10(13)14)6(11)8-7(9)12/h3H,2,4H2,1H3,(H,8,11,12). The molecule has 0 bridgehead atoms. The van der Waals surface area contributed by atoms with Gasteiger partial charge in [-0.25, -0.2) is 4.79 Å². The van der Waals surface area contributed by atoms with Crippen molar-refractivity contribution in [2.75, 3.05) is 6.61 Å². The van der Waals surface area contributed by atoms with Gasteiger partial charge in [-0.2, -0.15) is 0 Å². The molecule has 0 aliphatic rings. The van der Waals surface area contributed by atoms with Crippen LogP contribution in [0.2, 0.25) is 0 Å². The maximum atomic E-state index is 11.1. The zero-order valence-corrected chi connectivity index (χ0v) is 7.93. The largest absolute Gasteiger partial charge is 0.361 e. The van der Waals surface area contributed by atoms with Gasteiger partial charge in [-0.15, -0.1) is 0 Å². The van der Waals surface area contributed by atoms with E-state index in [-0.39, 0.29) is 6.73 Å². The number of hydrogen-bond acceptors (Lipinski definition) is 5. The van der Waals surface area contributed by atoms with Crippen molar-refractivity contribution in [1.29, 1.82) is 0 Å². The van der Waals surface area contributed by atoms with E-state index in [0.717, 1.165) is 10.8 Å². The molecule has 0 saturated carbocycles. The van der Waals surface area contributed by atoms with Crippen LogP contribution in [0, 0.1) is 10.1 Å². The number of hydrogen-bond donors (Lipinski definition) is 1. The predicted octanol–water partition coefficient (Wildman–Crippen LogP) is -0.561. The number of H-pyrrole nitrogens is 1. The summed E-state index contributed by atoms with van der Waals surface area (Å²) in [5.74, 6) is 0. The maximum absolute atomic E-state index is 11.1. The zero-order chi connectivity index (χ0) is 11.4. The van der Waals surface area contributed by atoms with E-state index >= 15 is 0 Å². The number of aromatic nitrogens is 2. The maximum Gasteiger partial charge on any atom is 0.350 e. The molecule has 8 nitrogen and oxygen atoms in total. The van der Waals surface area contributed by atoms with Crippen LogP contribution in [-0.4, -0.2) is 21.1 Å². The first kappa shape index (κ1) is 11.1. The first-order valence-electron chi connectivity index (χ1n) is 4.12. The van der Waals surface area contributed by atoms with Crippen LogP contribution in [0.25, 0.3) is 0 Å². The van der Waals surface area contributed by atoms with Crippen molar-refractivity contribution in [2.45, 2.75) is 13.7 Å². The SMILES string of the molecule is CCOCn1cc([N+](=O)[O-])c(=O)[nH]c1=O. The van der Waals surface area contributed by atoms with Crippen molar-refractivity contribution < 1.29 is 9.66 Å². The quantitative estimate of drug-likeness (QED) is 0.535. The van der Waals surface area contributed by atoms with E-state index in [2.05, 4.69) is 0 Å². The van der Waals surface area contributed by atoms with Crippen molar-refractivity contribution in [3.63, 3.8) is 0 Å². The third kappa shape index (κ3) is 2.50. The molecule has 0 aromatic carbocycles. The summed E-state index contributed by atoms with van der Waals surface area (Å²) in [6.45, 7) is 1.94. The van der Waals surface area contributed by atoms with Crippen LogP contribution in [0.3, 0.4) is 0 Å². The lowest BCUT2D eigenvalue weighted by molar-refractivity contribution is -0.386. The molecule has 0 unspecified atom stereocenters. The Labute approximate surface area is 83.3 Å². The minimum atomic E-state index is -1.02. The lowest BCUT2D eigenvalue weighted by Crippen LogP contribution is -2.31. The van der Waals surface area contributed by atoms with Crippen LogP contribution in [0.4, 0.5) is 5.69 Å². The monoisotopic (exact) mass is 215 g/mol. The van der Waals surface area contributed by atoms with Crippen molar-refractivity contribution in [3.05, 3.63) is 37.1 Å². The number of aromatic amines is 1. The van der Waals surface area contributed by atoms with E-state index in [1.165, 1.54) is 0 Å². The highest BCUT2D eigenvalue weighted by atomic mass is 16.6. The fourth-order valence-corrected chi connectivity index (χ4v) is 0.913. The first-order valence-corrected chi connectivity index (χ1v) is 4.12. The molecule has 1 rings (SSSR count). The van der Waals surface area contributed by atoms with Gasteiger partial charge in [0.25, 0.3) is 0 Å². The molecule has 0 spiro atoms. The smallest absolute Gasteiger partial charge is 0.350 e. The Balaban J connectivity index is 3.18. The van der Waals surface area contributed by atoms with E-state index in [9.17, 15) is 19.7 Å². The average molecular weight is 215 g/mol. The minimum absolute atomic E-state index is 0.132. The summed E-state index contributed by atoms with van der Waals surface area (Å²) in [4.78, 5) is 33.4. The molecule has 15 heavy (non-hydrogen) atoms. The summed E-state index contributed by atoms with van der Waals surface area (Å²) < 4.78 is 5.81. The molecule has 0 amide bonds. The van der Waals surface area contributed by atoms with Gasteiger partial charge >= 0.3 is 16.9 Å². The summed E-state index contributed by atoms with van der Waals surface area (Å²) in [7, 11) is 0. The number of nitrogens with zero attached hydrogens (tertiary/aromatic N) is 2. The molecule has 0 aliphatic carbocycles. The number of ether oxygens (including phenoxy) is 1. The van der Waals surface area contributed by atoms with Gasteiger partial charge in [-0.05, 0) is 6.92 Å². The van der Waals surface area contributed by atoms with E-state index < -0.39 is 21.9 Å². The number of nitro groups is 1. The molecule has 0 saturated heterocycles. The van der Waals surface area contributed by atoms with Crippen molar-refractivity contribution >= 4 is 5.69 Å².